The third-order valence-electron chi connectivity index (χ3n) is 4.03. The van der Waals surface area contributed by atoms with Crippen molar-refractivity contribution in [3.63, 3.8) is 0 Å². The van der Waals surface area contributed by atoms with E-state index in [9.17, 15) is 4.79 Å². The number of benzene rings is 2. The number of hydrogen-bond acceptors (Lipinski definition) is 2. The number of hydrogen-bond donors (Lipinski definition) is 2. The molecule has 0 fully saturated rings. The van der Waals surface area contributed by atoms with Crippen molar-refractivity contribution in [1.29, 1.82) is 0 Å². The van der Waals surface area contributed by atoms with E-state index in [1.54, 1.807) is 0 Å². The van der Waals surface area contributed by atoms with Crippen molar-refractivity contribution >= 4 is 17.3 Å². The summed E-state index contributed by atoms with van der Waals surface area (Å²) in [5.74, 6) is 0.400. The van der Waals surface area contributed by atoms with Crippen LogP contribution >= 0.6 is 0 Å². The maximum atomic E-state index is 12.3. The van der Waals surface area contributed by atoms with Crippen molar-refractivity contribution < 1.29 is 4.79 Å². The van der Waals surface area contributed by atoms with E-state index in [1.807, 2.05) is 37.3 Å². The molecule has 0 radical (unpaired) electrons. The summed E-state index contributed by atoms with van der Waals surface area (Å²) in [5, 5.41) is 6.31. The van der Waals surface area contributed by atoms with Gasteiger partial charge in [-0.3, -0.25) is 4.79 Å². The Labute approximate surface area is 139 Å². The van der Waals surface area contributed by atoms with Gasteiger partial charge in [-0.2, -0.15) is 0 Å². The molecule has 23 heavy (non-hydrogen) atoms. The molecule has 0 aliphatic rings. The second-order valence-corrected chi connectivity index (χ2v) is 6.11. The van der Waals surface area contributed by atoms with Gasteiger partial charge in [0.25, 0.3) is 0 Å². The van der Waals surface area contributed by atoms with Crippen molar-refractivity contribution in [1.82, 2.24) is 0 Å². The normalized spacial score (nSPS) is 10.7. The molecule has 2 N–H and O–H groups in total. The van der Waals surface area contributed by atoms with Crippen LogP contribution in [0.3, 0.4) is 0 Å². The van der Waals surface area contributed by atoms with Crippen molar-refractivity contribution in [2.24, 2.45) is 0 Å². The zero-order valence-electron chi connectivity index (χ0n) is 14.4. The minimum Gasteiger partial charge on any atom is -0.376 e. The highest BCUT2D eigenvalue weighted by atomic mass is 16.1. The first-order chi connectivity index (χ1) is 11.0. The van der Waals surface area contributed by atoms with Crippen molar-refractivity contribution in [3.05, 3.63) is 59.2 Å². The Hall–Kier alpha value is -2.29. The smallest absolute Gasteiger partial charge is 0.243 e. The van der Waals surface area contributed by atoms with Crippen LogP contribution in [0.5, 0.6) is 0 Å². The van der Waals surface area contributed by atoms with Crippen molar-refractivity contribution in [3.8, 4) is 0 Å². The number of para-hydroxylation sites is 2. The molecule has 0 aromatic heterocycles. The predicted octanol–water partition coefficient (Wildman–Crippen LogP) is 4.73. The molecule has 2 rings (SSSR count). The summed E-state index contributed by atoms with van der Waals surface area (Å²) >= 11 is 0. The molecule has 2 aromatic carbocycles. The van der Waals surface area contributed by atoms with Crippen LogP contribution in [0.25, 0.3) is 0 Å². The largest absolute Gasteiger partial charge is 0.376 e. The number of aryl methyl sites for hydroxylation is 2. The van der Waals surface area contributed by atoms with Gasteiger partial charge in [0.1, 0.15) is 0 Å². The second-order valence-electron chi connectivity index (χ2n) is 6.11. The van der Waals surface area contributed by atoms with Crippen LogP contribution in [0.15, 0.2) is 42.5 Å². The van der Waals surface area contributed by atoms with E-state index >= 15 is 0 Å². The first-order valence-corrected chi connectivity index (χ1v) is 8.24. The summed E-state index contributed by atoms with van der Waals surface area (Å²) in [6.07, 6.45) is 0.904. The van der Waals surface area contributed by atoms with Gasteiger partial charge in [0.2, 0.25) is 5.91 Å². The molecule has 0 aliphatic carbocycles. The third kappa shape index (κ3) is 4.35. The van der Waals surface area contributed by atoms with Gasteiger partial charge in [-0.05, 0) is 42.0 Å². The second kappa shape index (κ2) is 7.82. The molecule has 0 saturated heterocycles. The summed E-state index contributed by atoms with van der Waals surface area (Å²) < 4.78 is 0. The maximum absolute atomic E-state index is 12.3. The van der Waals surface area contributed by atoms with Gasteiger partial charge >= 0.3 is 0 Å². The molecule has 122 valence electrons. The van der Waals surface area contributed by atoms with Gasteiger partial charge in [0, 0.05) is 11.4 Å². The van der Waals surface area contributed by atoms with Gasteiger partial charge in [-0.25, -0.2) is 0 Å². The Balaban J connectivity index is 2.04. The summed E-state index contributed by atoms with van der Waals surface area (Å²) in [6.45, 7) is 8.70. The summed E-state index contributed by atoms with van der Waals surface area (Å²) in [4.78, 5) is 12.3. The van der Waals surface area contributed by atoms with Gasteiger partial charge in [0.15, 0.2) is 0 Å². The minimum atomic E-state index is -0.0208. The van der Waals surface area contributed by atoms with Crippen LogP contribution in [-0.4, -0.2) is 12.5 Å². The number of amides is 1. The van der Waals surface area contributed by atoms with Crippen molar-refractivity contribution in [2.45, 2.75) is 40.0 Å². The Kier molecular flexibility index (Phi) is 5.80. The molecule has 0 saturated carbocycles. The topological polar surface area (TPSA) is 41.1 Å². The van der Waals surface area contributed by atoms with Gasteiger partial charge < -0.3 is 10.6 Å². The molecule has 0 aliphatic heterocycles. The molecule has 0 unspecified atom stereocenters. The predicted molar refractivity (Wildman–Crippen MR) is 98.2 cm³/mol. The number of rotatable bonds is 6. The van der Waals surface area contributed by atoms with Crippen LogP contribution in [0.2, 0.25) is 0 Å². The van der Waals surface area contributed by atoms with Crippen LogP contribution in [0, 0.1) is 6.92 Å². The Morgan fingerprint density at radius 1 is 1.09 bits per heavy atom. The fourth-order valence-electron chi connectivity index (χ4n) is 2.72. The highest BCUT2D eigenvalue weighted by molar-refractivity contribution is 5.95. The van der Waals surface area contributed by atoms with Crippen LogP contribution in [0.1, 0.15) is 43.4 Å². The lowest BCUT2D eigenvalue weighted by atomic mass is 10.0. The zero-order chi connectivity index (χ0) is 16.8. The molecule has 0 spiro atoms. The van der Waals surface area contributed by atoms with Gasteiger partial charge in [-0.15, -0.1) is 0 Å². The fourth-order valence-corrected chi connectivity index (χ4v) is 2.72. The monoisotopic (exact) mass is 310 g/mol. The van der Waals surface area contributed by atoms with E-state index in [-0.39, 0.29) is 12.5 Å². The fraction of sp³-hybridized carbons (Fsp3) is 0.350. The van der Waals surface area contributed by atoms with E-state index in [4.69, 9.17) is 0 Å². The average molecular weight is 310 g/mol. The molecule has 0 bridgehead atoms. The van der Waals surface area contributed by atoms with Gasteiger partial charge in [-0.1, -0.05) is 57.2 Å². The first kappa shape index (κ1) is 17.1. The molecular formula is C20H26N2O. The number of carbonyl (C=O) groups excluding carboxylic acids is 1. The summed E-state index contributed by atoms with van der Waals surface area (Å²) in [7, 11) is 0. The Morgan fingerprint density at radius 2 is 1.83 bits per heavy atom. The van der Waals surface area contributed by atoms with Crippen LogP contribution < -0.4 is 10.6 Å². The third-order valence-corrected chi connectivity index (χ3v) is 4.03. The van der Waals surface area contributed by atoms with Gasteiger partial charge in [0.05, 0.1) is 6.54 Å². The Bertz CT molecular complexity index is 677. The standard InChI is InChI=1S/C20H26N2O/c1-5-16-10-8-9-15(4)20(16)22-19(23)13-21-18-12-7-6-11-17(18)14(2)3/h6-12,14,21H,5,13H2,1-4H3,(H,22,23). The lowest BCUT2D eigenvalue weighted by molar-refractivity contribution is -0.114. The molecule has 3 nitrogen and oxygen atoms in total. The number of nitrogens with one attached hydrogen (secondary N) is 2. The SMILES string of the molecule is CCc1cccc(C)c1NC(=O)CNc1ccccc1C(C)C. The highest BCUT2D eigenvalue weighted by Gasteiger charge is 2.10. The number of carbonyl (C=O) groups is 1. The molecular weight excluding hydrogens is 284 g/mol. The average Bonchev–Trinajstić information content (AvgIpc) is 2.55. The van der Waals surface area contributed by atoms with Crippen molar-refractivity contribution in [2.75, 3.05) is 17.2 Å². The van der Waals surface area contributed by atoms with E-state index in [0.717, 1.165) is 23.4 Å². The lowest BCUT2D eigenvalue weighted by Crippen LogP contribution is -2.23. The first-order valence-electron chi connectivity index (χ1n) is 8.24. The van der Waals surface area contributed by atoms with Crippen LogP contribution in [-0.2, 0) is 11.2 Å². The van der Waals surface area contributed by atoms with E-state index < -0.39 is 0 Å². The molecule has 0 heterocycles. The van der Waals surface area contributed by atoms with E-state index in [2.05, 4.69) is 43.5 Å². The molecule has 3 heteroatoms. The molecule has 0 atom stereocenters. The number of anilines is 2. The minimum absolute atomic E-state index is 0.0208. The molecule has 2 aromatic rings. The van der Waals surface area contributed by atoms with Crippen LogP contribution in [0.4, 0.5) is 11.4 Å². The van der Waals surface area contributed by atoms with E-state index in [1.165, 1.54) is 11.1 Å². The summed E-state index contributed by atoms with van der Waals surface area (Å²) in [6, 6.07) is 14.3. The lowest BCUT2D eigenvalue weighted by Gasteiger charge is -2.16. The van der Waals surface area contributed by atoms with E-state index in [0.29, 0.717) is 5.92 Å². The zero-order valence-corrected chi connectivity index (χ0v) is 14.4. The maximum Gasteiger partial charge on any atom is 0.243 e. The quantitative estimate of drug-likeness (QED) is 0.809. The Morgan fingerprint density at radius 3 is 2.52 bits per heavy atom. The molecule has 1 amide bonds. The highest BCUT2D eigenvalue weighted by Crippen LogP contribution is 2.24. The summed E-state index contributed by atoms with van der Waals surface area (Å²) in [5.41, 5.74) is 5.46.